The van der Waals surface area contributed by atoms with E-state index in [9.17, 15) is 0 Å². The number of hydrogen-bond donors (Lipinski definition) is 0. The Kier molecular flexibility index (Phi) is 5.60. The summed E-state index contributed by atoms with van der Waals surface area (Å²) < 4.78 is 2.48. The van der Waals surface area contributed by atoms with Crippen LogP contribution in [0.2, 0.25) is 0 Å². The highest BCUT2D eigenvalue weighted by molar-refractivity contribution is 5.56. The van der Waals surface area contributed by atoms with E-state index in [1.165, 1.54) is 36.2 Å². The van der Waals surface area contributed by atoms with Gasteiger partial charge >= 0.3 is 0 Å². The van der Waals surface area contributed by atoms with Gasteiger partial charge in [-0.05, 0) is 32.1 Å². The first-order chi connectivity index (χ1) is 10.3. The number of imidazole rings is 1. The Morgan fingerprint density at radius 3 is 2.38 bits per heavy atom. The number of nitrogens with zero attached hydrogens (tertiary/aromatic N) is 2. The molecule has 1 saturated carbocycles. The lowest BCUT2D eigenvalue weighted by Gasteiger charge is -2.11. The minimum Gasteiger partial charge on any atom is -0.328 e. The molecule has 1 aliphatic rings. The predicted octanol–water partition coefficient (Wildman–Crippen LogP) is 5.25. The molecule has 3 rings (SSSR count). The third-order valence-corrected chi connectivity index (χ3v) is 3.93. The Labute approximate surface area is 129 Å². The molecule has 2 aromatic rings. The average Bonchev–Trinajstić information content (AvgIpc) is 3.30. The molecule has 0 unspecified atom stereocenters. The molecule has 0 aliphatic heterocycles. The van der Waals surface area contributed by atoms with Crippen molar-refractivity contribution in [3.05, 3.63) is 41.7 Å². The maximum Gasteiger partial charge on any atom is 0.140 e. The van der Waals surface area contributed by atoms with Crippen molar-refractivity contribution in [2.24, 2.45) is 5.92 Å². The molecule has 0 radical (unpaired) electrons. The van der Waals surface area contributed by atoms with Gasteiger partial charge in [0, 0.05) is 17.8 Å². The minimum absolute atomic E-state index is 0.881. The zero-order valence-electron chi connectivity index (χ0n) is 13.9. The Hall–Kier alpha value is -1.57. The van der Waals surface area contributed by atoms with Gasteiger partial charge in [-0.3, -0.25) is 0 Å². The second-order valence-corrected chi connectivity index (χ2v) is 5.64. The zero-order valence-corrected chi connectivity index (χ0v) is 13.9. The maximum atomic E-state index is 4.84. The molecule has 2 nitrogen and oxygen atoms in total. The molecule has 0 atom stereocenters. The highest BCUT2D eigenvalue weighted by Crippen LogP contribution is 2.34. The molecular weight excluding hydrogens is 256 g/mol. The summed E-state index contributed by atoms with van der Waals surface area (Å²) in [6.07, 6.45) is 5.10. The largest absolute Gasteiger partial charge is 0.328 e. The van der Waals surface area contributed by atoms with E-state index in [2.05, 4.69) is 48.7 Å². The molecule has 1 heterocycles. The van der Waals surface area contributed by atoms with E-state index in [4.69, 9.17) is 4.98 Å². The van der Waals surface area contributed by atoms with E-state index < -0.39 is 0 Å². The van der Waals surface area contributed by atoms with Crippen LogP contribution in [0.1, 0.15) is 51.4 Å². The van der Waals surface area contributed by atoms with Gasteiger partial charge in [-0.15, -0.1) is 0 Å². The van der Waals surface area contributed by atoms with Crippen LogP contribution in [-0.2, 0) is 13.0 Å². The number of hydrogen-bond acceptors (Lipinski definition) is 1. The van der Waals surface area contributed by atoms with Gasteiger partial charge in [-0.25, -0.2) is 4.98 Å². The molecule has 1 aromatic heterocycles. The number of rotatable bonds is 5. The molecule has 21 heavy (non-hydrogen) atoms. The molecule has 0 bridgehead atoms. The van der Waals surface area contributed by atoms with Crippen LogP contribution in [0.3, 0.4) is 0 Å². The van der Waals surface area contributed by atoms with E-state index in [1.54, 1.807) is 0 Å². The van der Waals surface area contributed by atoms with Crippen LogP contribution in [0.5, 0.6) is 0 Å². The van der Waals surface area contributed by atoms with Crippen molar-refractivity contribution in [3.63, 3.8) is 0 Å². The van der Waals surface area contributed by atoms with Gasteiger partial charge in [-0.1, -0.05) is 57.5 Å². The third kappa shape index (κ3) is 3.75. The van der Waals surface area contributed by atoms with Gasteiger partial charge in [-0.2, -0.15) is 0 Å². The van der Waals surface area contributed by atoms with Crippen molar-refractivity contribution in [1.29, 1.82) is 0 Å². The van der Waals surface area contributed by atoms with Gasteiger partial charge in [0.2, 0.25) is 0 Å². The van der Waals surface area contributed by atoms with Crippen molar-refractivity contribution < 1.29 is 0 Å². The van der Waals surface area contributed by atoms with Crippen molar-refractivity contribution in [1.82, 2.24) is 9.55 Å². The number of benzene rings is 1. The quantitative estimate of drug-likeness (QED) is 0.733. The standard InChI is InChI=1S/C17H22N2.C2H6/c1-3-7-16-13(2)18-17(15-8-5-4-6-9-15)19(16)12-14-10-11-14;1-2/h4-6,8-9,14H,3,7,10-12H2,1-2H3;1-2H3. The molecule has 0 amide bonds. The summed E-state index contributed by atoms with van der Waals surface area (Å²) in [7, 11) is 0. The summed E-state index contributed by atoms with van der Waals surface area (Å²) in [5.74, 6) is 2.04. The summed E-state index contributed by atoms with van der Waals surface area (Å²) in [5.41, 5.74) is 3.89. The highest BCUT2D eigenvalue weighted by atomic mass is 15.1. The molecule has 2 heteroatoms. The predicted molar refractivity (Wildman–Crippen MR) is 90.5 cm³/mol. The zero-order chi connectivity index (χ0) is 15.2. The molecule has 0 saturated heterocycles. The first kappa shape index (κ1) is 15.8. The summed E-state index contributed by atoms with van der Waals surface area (Å²) in [6, 6.07) is 10.6. The minimum atomic E-state index is 0.881. The molecular formula is C19H28N2. The first-order valence-electron chi connectivity index (χ1n) is 8.41. The van der Waals surface area contributed by atoms with Gasteiger partial charge in [0.15, 0.2) is 0 Å². The Morgan fingerprint density at radius 2 is 1.81 bits per heavy atom. The molecule has 1 aliphatic carbocycles. The van der Waals surface area contributed by atoms with Crippen LogP contribution in [0.4, 0.5) is 0 Å². The lowest BCUT2D eigenvalue weighted by molar-refractivity contribution is 0.602. The average molecular weight is 284 g/mol. The lowest BCUT2D eigenvalue weighted by Crippen LogP contribution is -2.07. The second kappa shape index (κ2) is 7.44. The Balaban J connectivity index is 0.000000774. The van der Waals surface area contributed by atoms with Crippen molar-refractivity contribution >= 4 is 0 Å². The van der Waals surface area contributed by atoms with E-state index in [0.29, 0.717) is 0 Å². The number of aromatic nitrogens is 2. The van der Waals surface area contributed by atoms with Crippen molar-refractivity contribution in [2.45, 2.75) is 59.9 Å². The summed E-state index contributed by atoms with van der Waals surface area (Å²) in [4.78, 5) is 4.84. The van der Waals surface area contributed by atoms with Crippen molar-refractivity contribution in [2.75, 3.05) is 0 Å². The molecule has 0 spiro atoms. The van der Waals surface area contributed by atoms with E-state index >= 15 is 0 Å². The van der Waals surface area contributed by atoms with Crippen LogP contribution < -0.4 is 0 Å². The van der Waals surface area contributed by atoms with Crippen LogP contribution in [0.25, 0.3) is 11.4 Å². The fraction of sp³-hybridized carbons (Fsp3) is 0.526. The van der Waals surface area contributed by atoms with Crippen LogP contribution in [0.15, 0.2) is 30.3 Å². The van der Waals surface area contributed by atoms with E-state index in [1.807, 2.05) is 13.8 Å². The van der Waals surface area contributed by atoms with E-state index in [-0.39, 0.29) is 0 Å². The maximum absolute atomic E-state index is 4.84. The van der Waals surface area contributed by atoms with Gasteiger partial charge in [0.1, 0.15) is 5.82 Å². The van der Waals surface area contributed by atoms with Crippen LogP contribution in [0, 0.1) is 12.8 Å². The molecule has 0 N–H and O–H groups in total. The lowest BCUT2D eigenvalue weighted by atomic mass is 10.2. The van der Waals surface area contributed by atoms with Gasteiger partial charge in [0.05, 0.1) is 5.69 Å². The van der Waals surface area contributed by atoms with Crippen LogP contribution >= 0.6 is 0 Å². The van der Waals surface area contributed by atoms with Crippen LogP contribution in [-0.4, -0.2) is 9.55 Å². The van der Waals surface area contributed by atoms with Gasteiger partial charge < -0.3 is 4.57 Å². The SMILES string of the molecule is CC.CCCc1c(C)nc(-c2ccccc2)n1CC1CC1. The Morgan fingerprint density at radius 1 is 1.14 bits per heavy atom. The topological polar surface area (TPSA) is 17.8 Å². The van der Waals surface area contributed by atoms with Crippen molar-refractivity contribution in [3.8, 4) is 11.4 Å². The van der Waals surface area contributed by atoms with E-state index in [0.717, 1.165) is 24.7 Å². The summed E-state index contributed by atoms with van der Waals surface area (Å²) >= 11 is 0. The fourth-order valence-electron chi connectivity index (χ4n) is 2.72. The Bertz CT molecular complexity index is 550. The number of aryl methyl sites for hydroxylation is 1. The summed E-state index contributed by atoms with van der Waals surface area (Å²) in [5, 5.41) is 0. The molecule has 1 fully saturated rings. The smallest absolute Gasteiger partial charge is 0.140 e. The second-order valence-electron chi connectivity index (χ2n) is 5.64. The monoisotopic (exact) mass is 284 g/mol. The van der Waals surface area contributed by atoms with Gasteiger partial charge in [0.25, 0.3) is 0 Å². The molecule has 1 aromatic carbocycles. The third-order valence-electron chi connectivity index (χ3n) is 3.93. The summed E-state index contributed by atoms with van der Waals surface area (Å²) in [6.45, 7) is 9.55. The highest BCUT2D eigenvalue weighted by Gasteiger charge is 2.25. The first-order valence-corrected chi connectivity index (χ1v) is 8.41. The molecule has 114 valence electrons. The fourth-order valence-corrected chi connectivity index (χ4v) is 2.72. The normalized spacial score (nSPS) is 13.7.